The molecule has 3 atom stereocenters. The Labute approximate surface area is 165 Å². The fraction of sp³-hybridized carbons (Fsp3) is 0.429. The van der Waals surface area contributed by atoms with Crippen LogP contribution >= 0.6 is 0 Å². The molecule has 0 saturated heterocycles. The zero-order valence-corrected chi connectivity index (χ0v) is 15.7. The predicted octanol–water partition coefficient (Wildman–Crippen LogP) is 2.87. The van der Waals surface area contributed by atoms with Crippen molar-refractivity contribution in [1.29, 1.82) is 0 Å². The number of furan rings is 1. The Kier molecular flexibility index (Phi) is 4.29. The Balaban J connectivity index is 1.76. The van der Waals surface area contributed by atoms with Gasteiger partial charge < -0.3 is 20.0 Å². The Bertz CT molecular complexity index is 1020. The van der Waals surface area contributed by atoms with E-state index in [1.54, 1.807) is 18.2 Å². The molecule has 2 N–H and O–H groups in total. The van der Waals surface area contributed by atoms with Crippen LogP contribution in [0.1, 0.15) is 37.3 Å². The number of hydrogen-bond donors (Lipinski definition) is 2. The Morgan fingerprint density at radius 1 is 1.21 bits per heavy atom. The van der Waals surface area contributed by atoms with Gasteiger partial charge in [0.25, 0.3) is 11.8 Å². The molecule has 0 bridgehead atoms. The highest BCUT2D eigenvalue weighted by Crippen LogP contribution is 2.43. The van der Waals surface area contributed by atoms with Crippen molar-refractivity contribution in [3.05, 3.63) is 47.4 Å². The summed E-state index contributed by atoms with van der Waals surface area (Å²) in [5.74, 6) is -1.59. The van der Waals surface area contributed by atoms with Gasteiger partial charge in [-0.1, -0.05) is 31.0 Å². The summed E-state index contributed by atoms with van der Waals surface area (Å²) >= 11 is 0. The van der Waals surface area contributed by atoms with E-state index < -0.39 is 24.4 Å². The summed E-state index contributed by atoms with van der Waals surface area (Å²) in [6.07, 6.45) is 1.55. The number of nitrogens with one attached hydrogen (secondary N) is 2. The highest BCUT2D eigenvalue weighted by molar-refractivity contribution is 6.00. The fourth-order valence-corrected chi connectivity index (χ4v) is 5.02. The molecule has 2 amide bonds. The van der Waals surface area contributed by atoms with E-state index in [0.29, 0.717) is 35.4 Å². The SMILES string of the molecule is O=C1NCC2=C1[C@@H](c1cccc3ccoc13)N(C(=O)C(F)F)C1CCCC[C@H]1N2. The first kappa shape index (κ1) is 18.1. The molecule has 1 aromatic heterocycles. The lowest BCUT2D eigenvalue weighted by Crippen LogP contribution is -2.55. The average Bonchev–Trinajstić information content (AvgIpc) is 3.30. The second-order valence-electron chi connectivity index (χ2n) is 7.81. The number of benzene rings is 1. The maximum atomic E-state index is 13.7. The van der Waals surface area contributed by atoms with E-state index in [1.165, 1.54) is 11.2 Å². The first-order valence-corrected chi connectivity index (χ1v) is 9.90. The summed E-state index contributed by atoms with van der Waals surface area (Å²) in [7, 11) is 0. The van der Waals surface area contributed by atoms with E-state index in [4.69, 9.17) is 4.42 Å². The zero-order valence-electron chi connectivity index (χ0n) is 15.7. The van der Waals surface area contributed by atoms with Gasteiger partial charge in [0, 0.05) is 22.7 Å². The van der Waals surface area contributed by atoms with Crippen molar-refractivity contribution in [2.24, 2.45) is 0 Å². The van der Waals surface area contributed by atoms with Crippen LogP contribution in [0.15, 0.2) is 46.2 Å². The van der Waals surface area contributed by atoms with Crippen LogP contribution in [0, 0.1) is 0 Å². The van der Waals surface area contributed by atoms with Crippen molar-refractivity contribution in [2.45, 2.75) is 50.2 Å². The highest BCUT2D eigenvalue weighted by atomic mass is 19.3. The summed E-state index contributed by atoms with van der Waals surface area (Å²) in [5.41, 5.74) is 2.08. The van der Waals surface area contributed by atoms with Crippen LogP contribution in [-0.2, 0) is 9.59 Å². The summed E-state index contributed by atoms with van der Waals surface area (Å²) in [6, 6.07) is 5.67. The lowest BCUT2D eigenvalue weighted by Gasteiger charge is -2.42. The predicted molar refractivity (Wildman–Crippen MR) is 101 cm³/mol. The van der Waals surface area contributed by atoms with Gasteiger partial charge in [-0.3, -0.25) is 9.59 Å². The number of para-hydroxylation sites is 1. The van der Waals surface area contributed by atoms with Crippen LogP contribution in [0.4, 0.5) is 8.78 Å². The third-order valence-corrected chi connectivity index (χ3v) is 6.24. The van der Waals surface area contributed by atoms with E-state index in [9.17, 15) is 18.4 Å². The van der Waals surface area contributed by atoms with E-state index in [-0.39, 0.29) is 11.9 Å². The van der Waals surface area contributed by atoms with Gasteiger partial charge in [-0.2, -0.15) is 8.78 Å². The van der Waals surface area contributed by atoms with Gasteiger partial charge in [-0.15, -0.1) is 0 Å². The number of halogens is 2. The van der Waals surface area contributed by atoms with E-state index in [1.807, 2.05) is 6.07 Å². The largest absolute Gasteiger partial charge is 0.464 e. The molecule has 29 heavy (non-hydrogen) atoms. The molecule has 6 nitrogen and oxygen atoms in total. The quantitative estimate of drug-likeness (QED) is 0.812. The summed E-state index contributed by atoms with van der Waals surface area (Å²) in [4.78, 5) is 26.9. The molecular weight excluding hydrogens is 380 g/mol. The number of amides is 2. The highest BCUT2D eigenvalue weighted by Gasteiger charge is 2.48. The van der Waals surface area contributed by atoms with Gasteiger partial charge >= 0.3 is 6.43 Å². The molecule has 3 aliphatic rings. The zero-order chi connectivity index (χ0) is 20.1. The van der Waals surface area contributed by atoms with Gasteiger partial charge in [0.1, 0.15) is 5.58 Å². The molecule has 1 aliphatic carbocycles. The number of nitrogens with zero attached hydrogens (tertiary/aromatic N) is 1. The molecule has 5 rings (SSSR count). The van der Waals surface area contributed by atoms with Crippen molar-refractivity contribution < 1.29 is 22.8 Å². The third kappa shape index (κ3) is 2.81. The van der Waals surface area contributed by atoms with Gasteiger partial charge in [0.15, 0.2) is 0 Å². The Morgan fingerprint density at radius 3 is 2.86 bits per heavy atom. The van der Waals surface area contributed by atoms with Crippen LogP contribution in [0.3, 0.4) is 0 Å². The van der Waals surface area contributed by atoms with Gasteiger partial charge in [0.05, 0.1) is 30.5 Å². The number of rotatable bonds is 2. The first-order valence-electron chi connectivity index (χ1n) is 9.90. The standard InChI is InChI=1S/C21H21F2N3O3/c22-19(23)21(28)26-15-7-2-1-6-13(15)25-14-10-24-20(27)16(14)17(26)12-5-3-4-11-8-9-29-18(11)12/h3-5,8-9,13,15,17,19,25H,1-2,6-7,10H2,(H,24,27)/t13-,15?,17-/m1/s1. The van der Waals surface area contributed by atoms with Crippen molar-refractivity contribution in [2.75, 3.05) is 6.54 Å². The summed E-state index contributed by atoms with van der Waals surface area (Å²) in [5, 5.41) is 6.98. The molecule has 1 unspecified atom stereocenters. The van der Waals surface area contributed by atoms with Crippen molar-refractivity contribution in [3.8, 4) is 0 Å². The average molecular weight is 401 g/mol. The minimum Gasteiger partial charge on any atom is -0.464 e. The molecule has 8 heteroatoms. The molecule has 0 radical (unpaired) electrons. The molecule has 2 aromatic rings. The van der Waals surface area contributed by atoms with Crippen LogP contribution < -0.4 is 10.6 Å². The number of carbonyl (C=O) groups is 2. The number of alkyl halides is 2. The molecular formula is C21H21F2N3O3. The lowest BCUT2D eigenvalue weighted by molar-refractivity contribution is -0.149. The van der Waals surface area contributed by atoms with E-state index in [0.717, 1.165) is 24.6 Å². The van der Waals surface area contributed by atoms with Crippen LogP contribution in [-0.4, -0.2) is 41.8 Å². The van der Waals surface area contributed by atoms with Gasteiger partial charge in [-0.25, -0.2) is 0 Å². The van der Waals surface area contributed by atoms with Crippen molar-refractivity contribution >= 4 is 22.8 Å². The molecule has 2 aliphatic heterocycles. The minimum atomic E-state index is -3.15. The van der Waals surface area contributed by atoms with Crippen molar-refractivity contribution in [3.63, 3.8) is 0 Å². The van der Waals surface area contributed by atoms with Gasteiger partial charge in [0.2, 0.25) is 0 Å². The smallest absolute Gasteiger partial charge is 0.315 e. The normalized spacial score (nSPS) is 26.8. The number of hydrogen-bond acceptors (Lipinski definition) is 4. The molecule has 1 aromatic carbocycles. The van der Waals surface area contributed by atoms with Crippen LogP contribution in [0.5, 0.6) is 0 Å². The fourth-order valence-electron chi connectivity index (χ4n) is 5.02. The summed E-state index contributed by atoms with van der Waals surface area (Å²) < 4.78 is 33.1. The minimum absolute atomic E-state index is 0.162. The Hall–Kier alpha value is -2.90. The van der Waals surface area contributed by atoms with Crippen LogP contribution in [0.25, 0.3) is 11.0 Å². The monoisotopic (exact) mass is 401 g/mol. The molecule has 1 fully saturated rings. The van der Waals surface area contributed by atoms with Crippen molar-refractivity contribution in [1.82, 2.24) is 15.5 Å². The molecule has 0 spiro atoms. The van der Waals surface area contributed by atoms with E-state index in [2.05, 4.69) is 10.6 Å². The van der Waals surface area contributed by atoms with Gasteiger partial charge in [-0.05, 0) is 18.9 Å². The third-order valence-electron chi connectivity index (χ3n) is 6.24. The van der Waals surface area contributed by atoms with Crippen LogP contribution in [0.2, 0.25) is 0 Å². The maximum absolute atomic E-state index is 13.7. The van der Waals surface area contributed by atoms with E-state index >= 15 is 0 Å². The molecule has 1 saturated carbocycles. The lowest BCUT2D eigenvalue weighted by atomic mass is 9.87. The second-order valence-corrected chi connectivity index (χ2v) is 7.81. The second kappa shape index (κ2) is 6.86. The molecule has 152 valence electrons. The number of carbonyl (C=O) groups excluding carboxylic acids is 2. The topological polar surface area (TPSA) is 74.6 Å². The number of fused-ring (bicyclic) bond motifs is 2. The Morgan fingerprint density at radius 2 is 2.03 bits per heavy atom. The molecule has 3 heterocycles. The first-order chi connectivity index (χ1) is 14.1. The summed E-state index contributed by atoms with van der Waals surface area (Å²) in [6.45, 7) is 0.304. The maximum Gasteiger partial charge on any atom is 0.315 e.